The summed E-state index contributed by atoms with van der Waals surface area (Å²) in [7, 11) is 0. The molecule has 2 aromatic rings. The molecule has 2 aromatic carbocycles. The molecule has 25 heavy (non-hydrogen) atoms. The predicted molar refractivity (Wildman–Crippen MR) is 103 cm³/mol. The van der Waals surface area contributed by atoms with Gasteiger partial charge in [0.2, 0.25) is 11.8 Å². The molecule has 0 aliphatic carbocycles. The average molecular weight is 359 g/mol. The number of aryl methyl sites for hydroxylation is 3. The molecule has 0 fully saturated rings. The van der Waals surface area contributed by atoms with Crippen LogP contribution in [0.3, 0.4) is 0 Å². The van der Waals surface area contributed by atoms with Gasteiger partial charge in [0.1, 0.15) is 5.41 Å². The standard InChI is InChI=1S/C20H23ClN2O2/c1-12-6-9-16(14(3)10-12)22-18(24)20(4,5)19(25)23-17-11-15(21)8-7-13(17)2/h6-11H,1-5H3,(H,22,24)(H,23,25). The molecule has 0 saturated carbocycles. The van der Waals surface area contributed by atoms with Crippen LogP contribution in [-0.2, 0) is 9.59 Å². The summed E-state index contributed by atoms with van der Waals surface area (Å²) >= 11 is 5.98. The van der Waals surface area contributed by atoms with Gasteiger partial charge in [-0.2, -0.15) is 0 Å². The highest BCUT2D eigenvalue weighted by molar-refractivity contribution is 6.31. The minimum absolute atomic E-state index is 0.364. The summed E-state index contributed by atoms with van der Waals surface area (Å²) in [4.78, 5) is 25.3. The van der Waals surface area contributed by atoms with E-state index in [0.717, 1.165) is 16.7 Å². The summed E-state index contributed by atoms with van der Waals surface area (Å²) in [6, 6.07) is 11.0. The zero-order valence-electron chi connectivity index (χ0n) is 15.2. The van der Waals surface area contributed by atoms with Crippen LogP contribution in [-0.4, -0.2) is 11.8 Å². The minimum atomic E-state index is -1.24. The summed E-state index contributed by atoms with van der Waals surface area (Å²) in [5.41, 5.74) is 3.01. The van der Waals surface area contributed by atoms with Crippen LogP contribution >= 0.6 is 11.6 Å². The third kappa shape index (κ3) is 4.40. The molecule has 0 unspecified atom stereocenters. The third-order valence-electron chi connectivity index (χ3n) is 4.21. The summed E-state index contributed by atoms with van der Waals surface area (Å²) in [6.07, 6.45) is 0. The van der Waals surface area contributed by atoms with Crippen molar-refractivity contribution in [2.24, 2.45) is 5.41 Å². The molecule has 2 amide bonds. The highest BCUT2D eigenvalue weighted by atomic mass is 35.5. The minimum Gasteiger partial charge on any atom is -0.325 e. The van der Waals surface area contributed by atoms with Crippen LogP contribution in [0, 0.1) is 26.2 Å². The topological polar surface area (TPSA) is 58.2 Å². The van der Waals surface area contributed by atoms with E-state index in [2.05, 4.69) is 10.6 Å². The lowest BCUT2D eigenvalue weighted by atomic mass is 9.90. The van der Waals surface area contributed by atoms with E-state index in [9.17, 15) is 9.59 Å². The van der Waals surface area contributed by atoms with Crippen molar-refractivity contribution in [3.8, 4) is 0 Å². The first-order chi connectivity index (χ1) is 11.6. The first kappa shape index (κ1) is 19.0. The summed E-state index contributed by atoms with van der Waals surface area (Å²) in [5, 5.41) is 6.17. The van der Waals surface area contributed by atoms with E-state index in [1.807, 2.05) is 45.0 Å². The van der Waals surface area contributed by atoms with Crippen molar-refractivity contribution < 1.29 is 9.59 Å². The maximum atomic E-state index is 12.7. The van der Waals surface area contributed by atoms with Crippen molar-refractivity contribution >= 4 is 34.8 Å². The lowest BCUT2D eigenvalue weighted by Gasteiger charge is -2.24. The van der Waals surface area contributed by atoms with Crippen LogP contribution in [0.25, 0.3) is 0 Å². The molecule has 132 valence electrons. The first-order valence-corrected chi connectivity index (χ1v) is 8.45. The van der Waals surface area contributed by atoms with Gasteiger partial charge >= 0.3 is 0 Å². The van der Waals surface area contributed by atoms with Crippen molar-refractivity contribution in [3.63, 3.8) is 0 Å². The van der Waals surface area contributed by atoms with Crippen LogP contribution in [0.1, 0.15) is 30.5 Å². The van der Waals surface area contributed by atoms with Gasteiger partial charge in [-0.3, -0.25) is 9.59 Å². The van der Waals surface area contributed by atoms with Crippen molar-refractivity contribution in [3.05, 3.63) is 58.1 Å². The molecule has 0 atom stereocenters. The number of amides is 2. The highest BCUT2D eigenvalue weighted by Gasteiger charge is 2.36. The lowest BCUT2D eigenvalue weighted by Crippen LogP contribution is -2.41. The Hall–Kier alpha value is -2.33. The number of halogens is 1. The number of rotatable bonds is 4. The largest absolute Gasteiger partial charge is 0.325 e. The summed E-state index contributed by atoms with van der Waals surface area (Å²) < 4.78 is 0. The van der Waals surface area contributed by atoms with Crippen LogP contribution in [0.4, 0.5) is 11.4 Å². The molecule has 0 radical (unpaired) electrons. The number of carbonyl (C=O) groups is 2. The molecule has 0 aromatic heterocycles. The Bertz CT molecular complexity index is 828. The van der Waals surface area contributed by atoms with Crippen LogP contribution in [0.5, 0.6) is 0 Å². The Morgan fingerprint density at radius 3 is 2.04 bits per heavy atom. The number of nitrogens with one attached hydrogen (secondary N) is 2. The molecule has 0 bridgehead atoms. The Kier molecular flexibility index (Phi) is 5.53. The molecular formula is C20H23ClN2O2. The quantitative estimate of drug-likeness (QED) is 0.766. The van der Waals surface area contributed by atoms with Gasteiger partial charge in [-0.1, -0.05) is 35.4 Å². The molecule has 0 heterocycles. The number of carbonyl (C=O) groups excluding carboxylic acids is 2. The molecule has 0 saturated heterocycles. The number of benzene rings is 2. The Balaban J connectivity index is 2.17. The number of hydrogen-bond donors (Lipinski definition) is 2. The van der Waals surface area contributed by atoms with Gasteiger partial charge in [0, 0.05) is 16.4 Å². The zero-order chi connectivity index (χ0) is 18.8. The Labute approximate surface area is 153 Å². The van der Waals surface area contributed by atoms with Gasteiger partial charge in [0.25, 0.3) is 0 Å². The van der Waals surface area contributed by atoms with Gasteiger partial charge in [-0.05, 0) is 63.9 Å². The molecule has 0 spiro atoms. The van der Waals surface area contributed by atoms with Crippen LogP contribution < -0.4 is 10.6 Å². The molecule has 4 nitrogen and oxygen atoms in total. The molecular weight excluding hydrogens is 336 g/mol. The van der Waals surface area contributed by atoms with E-state index < -0.39 is 5.41 Å². The molecule has 0 aliphatic rings. The second-order valence-corrected chi connectivity index (χ2v) is 7.25. The second-order valence-electron chi connectivity index (χ2n) is 6.81. The van der Waals surface area contributed by atoms with E-state index in [0.29, 0.717) is 16.4 Å². The molecule has 0 aliphatic heterocycles. The van der Waals surface area contributed by atoms with E-state index >= 15 is 0 Å². The summed E-state index contributed by atoms with van der Waals surface area (Å²) in [6.45, 7) is 8.98. The third-order valence-corrected chi connectivity index (χ3v) is 4.45. The van der Waals surface area contributed by atoms with Gasteiger partial charge in [-0.25, -0.2) is 0 Å². The number of anilines is 2. The predicted octanol–water partition coefficient (Wildman–Crippen LogP) is 4.87. The van der Waals surface area contributed by atoms with E-state index in [4.69, 9.17) is 11.6 Å². The normalized spacial score (nSPS) is 11.1. The van der Waals surface area contributed by atoms with E-state index in [-0.39, 0.29) is 11.8 Å². The highest BCUT2D eigenvalue weighted by Crippen LogP contribution is 2.26. The number of hydrogen-bond acceptors (Lipinski definition) is 2. The van der Waals surface area contributed by atoms with Crippen LogP contribution in [0.15, 0.2) is 36.4 Å². The lowest BCUT2D eigenvalue weighted by molar-refractivity contribution is -0.135. The maximum Gasteiger partial charge on any atom is 0.239 e. The van der Waals surface area contributed by atoms with Gasteiger partial charge in [-0.15, -0.1) is 0 Å². The fraction of sp³-hybridized carbons (Fsp3) is 0.300. The van der Waals surface area contributed by atoms with Gasteiger partial charge in [0.15, 0.2) is 0 Å². The molecule has 5 heteroatoms. The zero-order valence-corrected chi connectivity index (χ0v) is 15.9. The van der Waals surface area contributed by atoms with Crippen molar-refractivity contribution in [1.82, 2.24) is 0 Å². The SMILES string of the molecule is Cc1ccc(NC(=O)C(C)(C)C(=O)Nc2cc(Cl)ccc2C)c(C)c1. The first-order valence-electron chi connectivity index (χ1n) is 8.07. The van der Waals surface area contributed by atoms with E-state index in [1.165, 1.54) is 0 Å². The molecule has 2 rings (SSSR count). The molecule has 2 N–H and O–H groups in total. The second kappa shape index (κ2) is 7.28. The monoisotopic (exact) mass is 358 g/mol. The maximum absolute atomic E-state index is 12.7. The average Bonchev–Trinajstić information content (AvgIpc) is 2.53. The Morgan fingerprint density at radius 1 is 0.840 bits per heavy atom. The van der Waals surface area contributed by atoms with Crippen LogP contribution in [0.2, 0.25) is 5.02 Å². The van der Waals surface area contributed by atoms with Crippen molar-refractivity contribution in [1.29, 1.82) is 0 Å². The fourth-order valence-corrected chi connectivity index (χ4v) is 2.52. The smallest absolute Gasteiger partial charge is 0.239 e. The Morgan fingerprint density at radius 2 is 1.44 bits per heavy atom. The van der Waals surface area contributed by atoms with Crippen molar-refractivity contribution in [2.75, 3.05) is 10.6 Å². The van der Waals surface area contributed by atoms with Crippen molar-refractivity contribution in [2.45, 2.75) is 34.6 Å². The van der Waals surface area contributed by atoms with E-state index in [1.54, 1.807) is 26.0 Å². The fourth-order valence-electron chi connectivity index (χ4n) is 2.34. The summed E-state index contributed by atoms with van der Waals surface area (Å²) in [5.74, 6) is -0.753. The van der Waals surface area contributed by atoms with Gasteiger partial charge < -0.3 is 10.6 Å². The van der Waals surface area contributed by atoms with Gasteiger partial charge in [0.05, 0.1) is 0 Å².